The molecule has 1 aromatic carbocycles. The van der Waals surface area contributed by atoms with Crippen LogP contribution in [0.5, 0.6) is 5.75 Å². The highest BCUT2D eigenvalue weighted by Crippen LogP contribution is 2.23. The van der Waals surface area contributed by atoms with E-state index in [9.17, 15) is 9.50 Å². The molecule has 0 saturated heterocycles. The van der Waals surface area contributed by atoms with Crippen molar-refractivity contribution in [3.05, 3.63) is 53.7 Å². The Hall–Kier alpha value is -1.81. The van der Waals surface area contributed by atoms with E-state index in [0.717, 1.165) is 31.7 Å². The summed E-state index contributed by atoms with van der Waals surface area (Å²) in [5, 5.41) is 17.0. The van der Waals surface area contributed by atoms with Crippen molar-refractivity contribution in [2.24, 2.45) is 4.99 Å². The van der Waals surface area contributed by atoms with Crippen molar-refractivity contribution in [3.8, 4) is 5.75 Å². The quantitative estimate of drug-likeness (QED) is 0.192. The molecule has 0 aliphatic rings. The van der Waals surface area contributed by atoms with Crippen molar-refractivity contribution >= 4 is 29.9 Å². The number of guanidine groups is 1. The largest absolute Gasteiger partial charge is 0.494 e. The standard InChI is InChI=1S/C21H30FN3O3.HI/c1-4-23-20(25-15-21(3,26)19-12-7-16(2)28-19)24-13-5-6-14-27-18-10-8-17(22)9-11-18;/h7-12,26H,4-6,13-15H2,1-3H3,(H2,23,24,25);1H. The van der Waals surface area contributed by atoms with Gasteiger partial charge in [0, 0.05) is 13.1 Å². The molecule has 6 nitrogen and oxygen atoms in total. The van der Waals surface area contributed by atoms with Gasteiger partial charge in [-0.15, -0.1) is 24.0 Å². The van der Waals surface area contributed by atoms with Gasteiger partial charge >= 0.3 is 0 Å². The van der Waals surface area contributed by atoms with Gasteiger partial charge in [-0.1, -0.05) is 0 Å². The molecule has 162 valence electrons. The molecule has 3 N–H and O–H groups in total. The smallest absolute Gasteiger partial charge is 0.191 e. The van der Waals surface area contributed by atoms with Gasteiger partial charge in [-0.3, -0.25) is 0 Å². The minimum Gasteiger partial charge on any atom is -0.494 e. The van der Waals surface area contributed by atoms with Crippen LogP contribution in [0.3, 0.4) is 0 Å². The molecule has 1 heterocycles. The van der Waals surface area contributed by atoms with Crippen molar-refractivity contribution in [2.75, 3.05) is 26.2 Å². The number of unbranched alkanes of at least 4 members (excludes halogenated alkanes) is 1. The fraction of sp³-hybridized carbons (Fsp3) is 0.476. The van der Waals surface area contributed by atoms with Gasteiger partial charge in [0.2, 0.25) is 0 Å². The summed E-state index contributed by atoms with van der Waals surface area (Å²) in [4.78, 5) is 4.46. The number of halogens is 2. The van der Waals surface area contributed by atoms with Crippen molar-refractivity contribution in [1.82, 2.24) is 10.6 Å². The zero-order valence-corrected chi connectivity index (χ0v) is 19.5. The van der Waals surface area contributed by atoms with Crippen LogP contribution >= 0.6 is 24.0 Å². The SMILES string of the molecule is CCNC(=NCC(C)(O)c1ccc(C)o1)NCCCCOc1ccc(F)cc1.I. The zero-order chi connectivity index (χ0) is 20.4. The molecule has 2 aromatic rings. The van der Waals surface area contributed by atoms with Gasteiger partial charge in [0.25, 0.3) is 0 Å². The van der Waals surface area contributed by atoms with Gasteiger partial charge < -0.3 is 24.9 Å². The van der Waals surface area contributed by atoms with Gasteiger partial charge in [0.1, 0.15) is 28.7 Å². The summed E-state index contributed by atoms with van der Waals surface area (Å²) in [5.41, 5.74) is -1.17. The van der Waals surface area contributed by atoms with Crippen molar-refractivity contribution in [1.29, 1.82) is 0 Å². The summed E-state index contributed by atoms with van der Waals surface area (Å²) in [6.07, 6.45) is 1.74. The molecular formula is C21H31FIN3O3. The van der Waals surface area contributed by atoms with E-state index in [1.165, 1.54) is 12.1 Å². The average Bonchev–Trinajstić information content (AvgIpc) is 3.11. The minimum atomic E-state index is -1.17. The summed E-state index contributed by atoms with van der Waals surface area (Å²) in [6, 6.07) is 9.60. The number of hydrogen-bond acceptors (Lipinski definition) is 4. The fourth-order valence-corrected chi connectivity index (χ4v) is 2.53. The molecule has 29 heavy (non-hydrogen) atoms. The lowest BCUT2D eigenvalue weighted by Crippen LogP contribution is -2.39. The Morgan fingerprint density at radius 2 is 1.90 bits per heavy atom. The van der Waals surface area contributed by atoms with Gasteiger partial charge in [-0.2, -0.15) is 0 Å². The van der Waals surface area contributed by atoms with Crippen LogP contribution in [0.15, 0.2) is 45.8 Å². The molecule has 0 aliphatic heterocycles. The van der Waals surface area contributed by atoms with E-state index in [0.29, 0.717) is 24.1 Å². The lowest BCUT2D eigenvalue weighted by Gasteiger charge is -2.19. The number of furan rings is 1. The Morgan fingerprint density at radius 3 is 2.52 bits per heavy atom. The topological polar surface area (TPSA) is 79.0 Å². The highest BCUT2D eigenvalue weighted by atomic mass is 127. The first-order valence-corrected chi connectivity index (χ1v) is 9.60. The number of ether oxygens (including phenoxy) is 1. The first kappa shape index (κ1) is 25.2. The van der Waals surface area contributed by atoms with E-state index in [2.05, 4.69) is 15.6 Å². The van der Waals surface area contributed by atoms with Crippen LogP contribution in [0.1, 0.15) is 38.2 Å². The third kappa shape index (κ3) is 9.03. The van der Waals surface area contributed by atoms with E-state index in [1.807, 2.05) is 19.9 Å². The molecule has 0 bridgehead atoms. The van der Waals surface area contributed by atoms with Crippen LogP contribution in [-0.2, 0) is 5.60 Å². The molecule has 1 atom stereocenters. The molecule has 0 saturated carbocycles. The Bertz CT molecular complexity index is 748. The molecule has 2 rings (SSSR count). The van der Waals surface area contributed by atoms with Crippen LogP contribution in [0, 0.1) is 12.7 Å². The second kappa shape index (κ2) is 12.7. The number of rotatable bonds is 10. The second-order valence-electron chi connectivity index (χ2n) is 6.82. The maximum atomic E-state index is 12.8. The normalized spacial score (nSPS) is 13.3. The number of aliphatic hydroxyl groups is 1. The predicted octanol–water partition coefficient (Wildman–Crippen LogP) is 3.97. The first-order chi connectivity index (χ1) is 13.4. The molecule has 0 amide bonds. The van der Waals surface area contributed by atoms with Crippen molar-refractivity contribution in [2.45, 2.75) is 39.2 Å². The van der Waals surface area contributed by atoms with E-state index >= 15 is 0 Å². The molecule has 0 aliphatic carbocycles. The van der Waals surface area contributed by atoms with Crippen LogP contribution in [-0.4, -0.2) is 37.3 Å². The van der Waals surface area contributed by atoms with E-state index in [-0.39, 0.29) is 36.3 Å². The monoisotopic (exact) mass is 519 g/mol. The second-order valence-corrected chi connectivity index (χ2v) is 6.82. The zero-order valence-electron chi connectivity index (χ0n) is 17.2. The lowest BCUT2D eigenvalue weighted by atomic mass is 10.0. The molecule has 0 radical (unpaired) electrons. The number of hydrogen-bond donors (Lipinski definition) is 3. The van der Waals surface area contributed by atoms with Gasteiger partial charge in [0.15, 0.2) is 5.96 Å². The number of aryl methyl sites for hydroxylation is 1. The Kier molecular flexibility index (Phi) is 11.0. The van der Waals surface area contributed by atoms with Gasteiger partial charge in [-0.25, -0.2) is 9.38 Å². The lowest BCUT2D eigenvalue weighted by molar-refractivity contribution is 0.0428. The van der Waals surface area contributed by atoms with Crippen molar-refractivity contribution < 1.29 is 18.7 Å². The van der Waals surface area contributed by atoms with Gasteiger partial charge in [0.05, 0.1) is 13.2 Å². The Morgan fingerprint density at radius 1 is 1.17 bits per heavy atom. The fourth-order valence-electron chi connectivity index (χ4n) is 2.53. The van der Waals surface area contributed by atoms with Crippen LogP contribution < -0.4 is 15.4 Å². The molecule has 8 heteroatoms. The molecular weight excluding hydrogens is 488 g/mol. The minimum absolute atomic E-state index is 0. The van der Waals surface area contributed by atoms with Crippen molar-refractivity contribution in [3.63, 3.8) is 0 Å². The summed E-state index contributed by atoms with van der Waals surface area (Å²) in [7, 11) is 0. The Balaban J connectivity index is 0.00000420. The summed E-state index contributed by atoms with van der Waals surface area (Å²) >= 11 is 0. The number of benzene rings is 1. The Labute approximate surface area is 189 Å². The third-order valence-electron chi connectivity index (χ3n) is 4.11. The maximum absolute atomic E-state index is 12.8. The molecule has 1 aromatic heterocycles. The highest BCUT2D eigenvalue weighted by Gasteiger charge is 2.26. The van der Waals surface area contributed by atoms with Crippen LogP contribution in [0.4, 0.5) is 4.39 Å². The maximum Gasteiger partial charge on any atom is 0.191 e. The first-order valence-electron chi connectivity index (χ1n) is 9.60. The highest BCUT2D eigenvalue weighted by molar-refractivity contribution is 14.0. The molecule has 0 fully saturated rings. The number of nitrogens with zero attached hydrogens (tertiary/aromatic N) is 1. The third-order valence-corrected chi connectivity index (χ3v) is 4.11. The number of aliphatic imine (C=N–C) groups is 1. The van der Waals surface area contributed by atoms with E-state index in [4.69, 9.17) is 9.15 Å². The molecule has 0 spiro atoms. The summed E-state index contributed by atoms with van der Waals surface area (Å²) in [5.74, 6) is 2.30. The van der Waals surface area contributed by atoms with E-state index in [1.54, 1.807) is 25.1 Å². The summed E-state index contributed by atoms with van der Waals surface area (Å²) in [6.45, 7) is 7.71. The molecule has 1 unspecified atom stereocenters. The van der Waals surface area contributed by atoms with Crippen LogP contribution in [0.25, 0.3) is 0 Å². The van der Waals surface area contributed by atoms with E-state index < -0.39 is 5.60 Å². The number of nitrogens with one attached hydrogen (secondary N) is 2. The predicted molar refractivity (Wildman–Crippen MR) is 124 cm³/mol. The summed E-state index contributed by atoms with van der Waals surface area (Å²) < 4.78 is 23.9. The van der Waals surface area contributed by atoms with Gasteiger partial charge in [-0.05, 0) is 70.0 Å². The van der Waals surface area contributed by atoms with Crippen LogP contribution in [0.2, 0.25) is 0 Å². The average molecular weight is 519 g/mol.